The third-order valence-corrected chi connectivity index (χ3v) is 4.25. The van der Waals surface area contributed by atoms with Gasteiger partial charge in [-0.25, -0.2) is 0 Å². The fraction of sp³-hybridized carbons (Fsp3) is 0.438. The van der Waals surface area contributed by atoms with Crippen molar-refractivity contribution in [2.45, 2.75) is 39.0 Å². The number of nitrogens with zero attached hydrogens (tertiary/aromatic N) is 1. The first-order chi connectivity index (χ1) is 9.70. The lowest BCUT2D eigenvalue weighted by molar-refractivity contribution is -0.116. The molecule has 0 atom stereocenters. The molecule has 2 rings (SSSR count). The first-order valence-electron chi connectivity index (χ1n) is 7.20. The SMILES string of the molecule is CCCCCCC(=O)Nc1cc(-c2cccs2)cn1C. The first kappa shape index (κ1) is 14.9. The largest absolute Gasteiger partial charge is 0.337 e. The zero-order valence-electron chi connectivity index (χ0n) is 12.2. The van der Waals surface area contributed by atoms with E-state index in [-0.39, 0.29) is 5.91 Å². The van der Waals surface area contributed by atoms with Gasteiger partial charge < -0.3 is 9.88 Å². The van der Waals surface area contributed by atoms with Gasteiger partial charge in [-0.1, -0.05) is 32.3 Å². The van der Waals surface area contributed by atoms with Crippen LogP contribution in [0.3, 0.4) is 0 Å². The molecule has 0 aliphatic heterocycles. The maximum absolute atomic E-state index is 11.9. The molecule has 108 valence electrons. The number of hydrogen-bond donors (Lipinski definition) is 1. The minimum absolute atomic E-state index is 0.111. The molecule has 0 aliphatic rings. The zero-order chi connectivity index (χ0) is 14.4. The van der Waals surface area contributed by atoms with Crippen molar-refractivity contribution in [2.24, 2.45) is 7.05 Å². The lowest BCUT2D eigenvalue weighted by Crippen LogP contribution is -2.13. The molecule has 0 aromatic carbocycles. The highest BCUT2D eigenvalue weighted by molar-refractivity contribution is 7.13. The van der Waals surface area contributed by atoms with Gasteiger partial charge in [-0.15, -0.1) is 11.3 Å². The van der Waals surface area contributed by atoms with Crippen molar-refractivity contribution in [2.75, 3.05) is 5.32 Å². The molecule has 0 radical (unpaired) electrons. The summed E-state index contributed by atoms with van der Waals surface area (Å²) >= 11 is 1.71. The van der Waals surface area contributed by atoms with E-state index in [2.05, 4.69) is 29.9 Å². The summed E-state index contributed by atoms with van der Waals surface area (Å²) in [5.41, 5.74) is 1.16. The molecule has 0 saturated carbocycles. The van der Waals surface area contributed by atoms with Gasteiger partial charge in [0.1, 0.15) is 5.82 Å². The number of carbonyl (C=O) groups is 1. The van der Waals surface area contributed by atoms with Gasteiger partial charge in [-0.2, -0.15) is 0 Å². The second-order valence-electron chi connectivity index (χ2n) is 5.06. The fourth-order valence-electron chi connectivity index (χ4n) is 2.18. The van der Waals surface area contributed by atoms with Crippen LogP contribution in [0.15, 0.2) is 29.8 Å². The normalized spacial score (nSPS) is 10.7. The topological polar surface area (TPSA) is 34.0 Å². The van der Waals surface area contributed by atoms with Crippen LogP contribution in [-0.4, -0.2) is 10.5 Å². The minimum Gasteiger partial charge on any atom is -0.337 e. The van der Waals surface area contributed by atoms with Gasteiger partial charge >= 0.3 is 0 Å². The lowest BCUT2D eigenvalue weighted by atomic mass is 10.1. The molecule has 0 fully saturated rings. The molecule has 2 heterocycles. The average molecular weight is 290 g/mol. The summed E-state index contributed by atoms with van der Waals surface area (Å²) in [5.74, 6) is 0.980. The van der Waals surface area contributed by atoms with Gasteiger partial charge in [0.2, 0.25) is 5.91 Å². The summed E-state index contributed by atoms with van der Waals surface area (Å²) < 4.78 is 1.97. The molecule has 0 bridgehead atoms. The van der Waals surface area contributed by atoms with Crippen LogP contribution in [0.1, 0.15) is 39.0 Å². The number of hydrogen-bond acceptors (Lipinski definition) is 2. The Morgan fingerprint density at radius 1 is 1.35 bits per heavy atom. The summed E-state index contributed by atoms with van der Waals surface area (Å²) in [6, 6.07) is 6.17. The van der Waals surface area contributed by atoms with Crippen LogP contribution < -0.4 is 5.32 Å². The van der Waals surface area contributed by atoms with Crippen molar-refractivity contribution in [3.8, 4) is 10.4 Å². The Kier molecular flexibility index (Phi) is 5.41. The van der Waals surface area contributed by atoms with Crippen molar-refractivity contribution in [1.82, 2.24) is 4.57 Å². The Morgan fingerprint density at radius 2 is 2.20 bits per heavy atom. The van der Waals surface area contributed by atoms with Crippen LogP contribution >= 0.6 is 11.3 Å². The second-order valence-corrected chi connectivity index (χ2v) is 6.01. The number of rotatable bonds is 7. The zero-order valence-corrected chi connectivity index (χ0v) is 13.0. The van der Waals surface area contributed by atoms with E-state index < -0.39 is 0 Å². The van der Waals surface area contributed by atoms with Crippen LogP contribution in [0.2, 0.25) is 0 Å². The Hall–Kier alpha value is -1.55. The van der Waals surface area contributed by atoms with E-state index in [4.69, 9.17) is 0 Å². The molecule has 2 aromatic heterocycles. The number of amides is 1. The maximum atomic E-state index is 11.9. The first-order valence-corrected chi connectivity index (χ1v) is 8.08. The summed E-state index contributed by atoms with van der Waals surface area (Å²) in [5, 5.41) is 5.06. The molecule has 1 amide bonds. The standard InChI is InChI=1S/C16H22N2OS/c1-3-4-5-6-9-16(19)17-15-11-13(12-18(15)2)14-8-7-10-20-14/h7-8,10-12H,3-6,9H2,1-2H3,(H,17,19). The summed E-state index contributed by atoms with van der Waals surface area (Å²) in [4.78, 5) is 13.1. The number of nitrogens with one attached hydrogen (secondary N) is 1. The number of carbonyl (C=O) groups excluding carboxylic acids is 1. The number of anilines is 1. The van der Waals surface area contributed by atoms with Gasteiger partial charge in [0, 0.05) is 30.1 Å². The Morgan fingerprint density at radius 3 is 2.90 bits per heavy atom. The molecular weight excluding hydrogens is 268 g/mol. The van der Waals surface area contributed by atoms with Crippen molar-refractivity contribution >= 4 is 23.1 Å². The van der Waals surface area contributed by atoms with E-state index in [1.165, 1.54) is 17.7 Å². The van der Waals surface area contributed by atoms with E-state index in [1.807, 2.05) is 23.7 Å². The van der Waals surface area contributed by atoms with Gasteiger partial charge in [0.05, 0.1) is 0 Å². The minimum atomic E-state index is 0.111. The molecule has 4 heteroatoms. The summed E-state index contributed by atoms with van der Waals surface area (Å²) in [6.07, 6.45) is 7.18. The van der Waals surface area contributed by atoms with Crippen molar-refractivity contribution < 1.29 is 4.79 Å². The smallest absolute Gasteiger partial charge is 0.225 e. The van der Waals surface area contributed by atoms with Crippen LogP contribution in [0.4, 0.5) is 5.82 Å². The molecule has 0 spiro atoms. The lowest BCUT2D eigenvalue weighted by Gasteiger charge is -2.05. The summed E-state index contributed by atoms with van der Waals surface area (Å²) in [6.45, 7) is 2.18. The average Bonchev–Trinajstić information content (AvgIpc) is 3.05. The van der Waals surface area contributed by atoms with Crippen LogP contribution in [0.25, 0.3) is 10.4 Å². The van der Waals surface area contributed by atoms with Gasteiger partial charge in [-0.3, -0.25) is 4.79 Å². The van der Waals surface area contributed by atoms with E-state index in [9.17, 15) is 4.79 Å². The summed E-state index contributed by atoms with van der Waals surface area (Å²) in [7, 11) is 1.96. The predicted octanol–water partition coefficient (Wildman–Crippen LogP) is 4.66. The molecule has 20 heavy (non-hydrogen) atoms. The fourth-order valence-corrected chi connectivity index (χ4v) is 2.89. The van der Waals surface area contributed by atoms with Gasteiger partial charge in [0.25, 0.3) is 0 Å². The highest BCUT2D eigenvalue weighted by Gasteiger charge is 2.09. The highest BCUT2D eigenvalue weighted by atomic mass is 32.1. The molecular formula is C16H22N2OS. The Balaban J connectivity index is 1.91. The molecule has 3 nitrogen and oxygen atoms in total. The van der Waals surface area contributed by atoms with E-state index in [0.717, 1.165) is 24.2 Å². The quantitative estimate of drug-likeness (QED) is 0.739. The Bertz CT molecular complexity index is 543. The number of unbranched alkanes of at least 4 members (excludes halogenated alkanes) is 3. The maximum Gasteiger partial charge on any atom is 0.225 e. The van der Waals surface area contributed by atoms with Crippen LogP contribution in [-0.2, 0) is 11.8 Å². The molecule has 0 saturated heterocycles. The second kappa shape index (κ2) is 7.29. The highest BCUT2D eigenvalue weighted by Crippen LogP contribution is 2.28. The Labute approximate surface area is 124 Å². The third kappa shape index (κ3) is 3.97. The third-order valence-electron chi connectivity index (χ3n) is 3.34. The van der Waals surface area contributed by atoms with Crippen molar-refractivity contribution in [3.63, 3.8) is 0 Å². The van der Waals surface area contributed by atoms with E-state index in [1.54, 1.807) is 11.3 Å². The van der Waals surface area contributed by atoms with Crippen LogP contribution in [0, 0.1) is 0 Å². The predicted molar refractivity (Wildman–Crippen MR) is 86.1 cm³/mol. The number of thiophene rings is 1. The van der Waals surface area contributed by atoms with Crippen LogP contribution in [0.5, 0.6) is 0 Å². The monoisotopic (exact) mass is 290 g/mol. The van der Waals surface area contributed by atoms with Gasteiger partial charge in [-0.05, 0) is 23.9 Å². The van der Waals surface area contributed by atoms with E-state index >= 15 is 0 Å². The van der Waals surface area contributed by atoms with Crippen molar-refractivity contribution in [1.29, 1.82) is 0 Å². The molecule has 1 N–H and O–H groups in total. The number of aromatic nitrogens is 1. The van der Waals surface area contributed by atoms with E-state index in [0.29, 0.717) is 6.42 Å². The van der Waals surface area contributed by atoms with Gasteiger partial charge in [0.15, 0.2) is 0 Å². The van der Waals surface area contributed by atoms with Crippen molar-refractivity contribution in [3.05, 3.63) is 29.8 Å². The number of aryl methyl sites for hydroxylation is 1. The molecule has 0 aliphatic carbocycles. The molecule has 0 unspecified atom stereocenters. The molecule has 2 aromatic rings.